The molecular formula is C16H11ClN2OS. The average molecular weight is 315 g/mol. The SMILES string of the molecule is N#Cc1ccc(Cl)cc1NC(=O)C1Cc2ccccc2S1. The predicted octanol–water partition coefficient (Wildman–Crippen LogP) is 3.87. The summed E-state index contributed by atoms with van der Waals surface area (Å²) in [5.74, 6) is -0.102. The third kappa shape index (κ3) is 2.90. The second-order valence-corrected chi connectivity index (χ2v) is 6.39. The van der Waals surface area contributed by atoms with Crippen LogP contribution in [0.15, 0.2) is 47.4 Å². The average Bonchev–Trinajstić information content (AvgIpc) is 2.91. The molecule has 0 aromatic heterocycles. The fraction of sp³-hybridized carbons (Fsp3) is 0.125. The summed E-state index contributed by atoms with van der Waals surface area (Å²) in [4.78, 5) is 13.5. The zero-order valence-corrected chi connectivity index (χ0v) is 12.5. The van der Waals surface area contributed by atoms with Gasteiger partial charge in [-0.1, -0.05) is 29.8 Å². The molecule has 2 aromatic rings. The standard InChI is InChI=1S/C16H11ClN2OS/c17-12-6-5-11(9-18)13(8-12)19-16(20)15-7-10-3-1-2-4-14(10)21-15/h1-6,8,15H,7H2,(H,19,20). The van der Waals surface area contributed by atoms with Gasteiger partial charge in [-0.3, -0.25) is 4.79 Å². The first-order valence-electron chi connectivity index (χ1n) is 6.42. The molecule has 1 N–H and O–H groups in total. The Hall–Kier alpha value is -1.96. The Balaban J connectivity index is 1.77. The molecule has 1 unspecified atom stereocenters. The molecule has 1 atom stereocenters. The van der Waals surface area contributed by atoms with Crippen LogP contribution in [-0.2, 0) is 11.2 Å². The Kier molecular flexibility index (Phi) is 3.87. The summed E-state index contributed by atoms with van der Waals surface area (Å²) in [7, 11) is 0. The van der Waals surface area contributed by atoms with Gasteiger partial charge < -0.3 is 5.32 Å². The van der Waals surface area contributed by atoms with E-state index in [-0.39, 0.29) is 11.2 Å². The van der Waals surface area contributed by atoms with Gasteiger partial charge in [0.15, 0.2) is 0 Å². The molecule has 1 amide bonds. The van der Waals surface area contributed by atoms with E-state index in [1.54, 1.807) is 30.0 Å². The largest absolute Gasteiger partial charge is 0.324 e. The minimum absolute atomic E-state index is 0.102. The van der Waals surface area contributed by atoms with E-state index < -0.39 is 0 Å². The van der Waals surface area contributed by atoms with Crippen molar-refractivity contribution in [2.24, 2.45) is 0 Å². The maximum Gasteiger partial charge on any atom is 0.238 e. The molecule has 1 aliphatic heterocycles. The monoisotopic (exact) mass is 314 g/mol. The van der Waals surface area contributed by atoms with Crippen molar-refractivity contribution in [3.63, 3.8) is 0 Å². The highest BCUT2D eigenvalue weighted by Gasteiger charge is 2.28. The van der Waals surface area contributed by atoms with Gasteiger partial charge in [-0.05, 0) is 36.2 Å². The van der Waals surface area contributed by atoms with Crippen molar-refractivity contribution < 1.29 is 4.79 Å². The van der Waals surface area contributed by atoms with Crippen molar-refractivity contribution in [2.45, 2.75) is 16.6 Å². The number of carbonyl (C=O) groups excluding carboxylic acids is 1. The highest BCUT2D eigenvalue weighted by atomic mass is 35.5. The number of nitrogens with one attached hydrogen (secondary N) is 1. The molecule has 0 aliphatic carbocycles. The zero-order valence-electron chi connectivity index (χ0n) is 11.0. The lowest BCUT2D eigenvalue weighted by Gasteiger charge is -2.11. The fourth-order valence-electron chi connectivity index (χ4n) is 2.26. The number of amides is 1. The molecule has 0 spiro atoms. The summed E-state index contributed by atoms with van der Waals surface area (Å²) in [6, 6.07) is 14.9. The number of benzene rings is 2. The zero-order chi connectivity index (χ0) is 14.8. The molecule has 5 heteroatoms. The van der Waals surface area contributed by atoms with Crippen LogP contribution in [0.3, 0.4) is 0 Å². The number of hydrogen-bond acceptors (Lipinski definition) is 3. The van der Waals surface area contributed by atoms with Crippen molar-refractivity contribution in [1.82, 2.24) is 0 Å². The number of carbonyl (C=O) groups is 1. The number of thioether (sulfide) groups is 1. The minimum atomic E-state index is -0.173. The van der Waals surface area contributed by atoms with Crippen LogP contribution in [0.1, 0.15) is 11.1 Å². The van der Waals surface area contributed by atoms with Crippen molar-refractivity contribution >= 4 is 35.0 Å². The molecule has 1 heterocycles. The van der Waals surface area contributed by atoms with E-state index in [9.17, 15) is 4.79 Å². The quantitative estimate of drug-likeness (QED) is 0.915. The third-order valence-electron chi connectivity index (χ3n) is 3.30. The van der Waals surface area contributed by atoms with Gasteiger partial charge >= 0.3 is 0 Å². The lowest BCUT2D eigenvalue weighted by molar-refractivity contribution is -0.115. The maximum absolute atomic E-state index is 12.4. The van der Waals surface area contributed by atoms with E-state index in [0.717, 1.165) is 4.90 Å². The van der Waals surface area contributed by atoms with Crippen LogP contribution in [0.4, 0.5) is 5.69 Å². The molecule has 0 radical (unpaired) electrons. The number of rotatable bonds is 2. The number of hydrogen-bond donors (Lipinski definition) is 1. The van der Waals surface area contributed by atoms with E-state index in [1.165, 1.54) is 5.56 Å². The van der Waals surface area contributed by atoms with Crippen LogP contribution in [0.25, 0.3) is 0 Å². The molecule has 0 saturated carbocycles. The second kappa shape index (κ2) is 5.80. The molecule has 3 rings (SSSR count). The minimum Gasteiger partial charge on any atom is -0.324 e. The van der Waals surface area contributed by atoms with Crippen molar-refractivity contribution in [1.29, 1.82) is 5.26 Å². The lowest BCUT2D eigenvalue weighted by Crippen LogP contribution is -2.25. The van der Waals surface area contributed by atoms with Crippen molar-refractivity contribution in [3.05, 3.63) is 58.6 Å². The topological polar surface area (TPSA) is 52.9 Å². The number of nitriles is 1. The van der Waals surface area contributed by atoms with Gasteiger partial charge in [0, 0.05) is 9.92 Å². The van der Waals surface area contributed by atoms with Crippen LogP contribution in [0.5, 0.6) is 0 Å². The number of nitrogens with zero attached hydrogens (tertiary/aromatic N) is 1. The number of halogens is 1. The summed E-state index contributed by atoms with van der Waals surface area (Å²) in [6.45, 7) is 0. The highest BCUT2D eigenvalue weighted by Crippen LogP contribution is 2.37. The lowest BCUT2D eigenvalue weighted by atomic mass is 10.1. The number of fused-ring (bicyclic) bond motifs is 1. The summed E-state index contributed by atoms with van der Waals surface area (Å²) in [5.41, 5.74) is 2.06. The van der Waals surface area contributed by atoms with Gasteiger partial charge in [0.05, 0.1) is 16.5 Å². The van der Waals surface area contributed by atoms with Gasteiger partial charge in [0.1, 0.15) is 6.07 Å². The molecule has 3 nitrogen and oxygen atoms in total. The van der Waals surface area contributed by atoms with Crippen LogP contribution in [0, 0.1) is 11.3 Å². The molecule has 1 aliphatic rings. The van der Waals surface area contributed by atoms with E-state index >= 15 is 0 Å². The van der Waals surface area contributed by atoms with Crippen molar-refractivity contribution in [2.75, 3.05) is 5.32 Å². The Bertz CT molecular complexity index is 729. The Labute approximate surface area is 131 Å². The predicted molar refractivity (Wildman–Crippen MR) is 84.6 cm³/mol. The Morgan fingerprint density at radius 1 is 1.33 bits per heavy atom. The fourth-order valence-corrected chi connectivity index (χ4v) is 3.63. The van der Waals surface area contributed by atoms with E-state index in [1.807, 2.05) is 24.3 Å². The van der Waals surface area contributed by atoms with Crippen LogP contribution in [-0.4, -0.2) is 11.2 Å². The number of anilines is 1. The maximum atomic E-state index is 12.4. The molecule has 2 aromatic carbocycles. The summed E-state index contributed by atoms with van der Waals surface area (Å²) in [5, 5.41) is 12.2. The smallest absolute Gasteiger partial charge is 0.238 e. The molecule has 0 bridgehead atoms. The van der Waals surface area contributed by atoms with Crippen molar-refractivity contribution in [3.8, 4) is 6.07 Å². The summed E-state index contributed by atoms with van der Waals surface area (Å²) >= 11 is 7.48. The first-order valence-corrected chi connectivity index (χ1v) is 7.68. The van der Waals surface area contributed by atoms with Crippen LogP contribution >= 0.6 is 23.4 Å². The summed E-state index contributed by atoms with van der Waals surface area (Å²) in [6.07, 6.45) is 0.703. The normalized spacial score (nSPS) is 16.1. The van der Waals surface area contributed by atoms with E-state index in [0.29, 0.717) is 22.7 Å². The van der Waals surface area contributed by atoms with E-state index in [4.69, 9.17) is 16.9 Å². The first kappa shape index (κ1) is 14.0. The van der Waals surface area contributed by atoms with Gasteiger partial charge in [-0.15, -0.1) is 11.8 Å². The second-order valence-electron chi connectivity index (χ2n) is 4.71. The first-order chi connectivity index (χ1) is 10.2. The van der Waals surface area contributed by atoms with Gasteiger partial charge in [-0.2, -0.15) is 5.26 Å². The molecule has 104 valence electrons. The van der Waals surface area contributed by atoms with Crippen LogP contribution in [0.2, 0.25) is 5.02 Å². The Morgan fingerprint density at radius 2 is 2.14 bits per heavy atom. The van der Waals surface area contributed by atoms with Crippen LogP contribution < -0.4 is 5.32 Å². The van der Waals surface area contributed by atoms with Gasteiger partial charge in [0.2, 0.25) is 5.91 Å². The third-order valence-corrected chi connectivity index (χ3v) is 4.85. The highest BCUT2D eigenvalue weighted by molar-refractivity contribution is 8.01. The molecule has 0 fully saturated rings. The molecule has 0 saturated heterocycles. The molecular weight excluding hydrogens is 304 g/mol. The molecule has 21 heavy (non-hydrogen) atoms. The van der Waals surface area contributed by atoms with E-state index in [2.05, 4.69) is 11.4 Å². The summed E-state index contributed by atoms with van der Waals surface area (Å²) < 4.78 is 0. The van der Waals surface area contributed by atoms with Gasteiger partial charge in [-0.25, -0.2) is 0 Å². The Morgan fingerprint density at radius 3 is 2.90 bits per heavy atom. The van der Waals surface area contributed by atoms with Gasteiger partial charge in [0.25, 0.3) is 0 Å².